The third-order valence-corrected chi connectivity index (χ3v) is 7.59. The van der Waals surface area contributed by atoms with Crippen LogP contribution in [-0.2, 0) is 16.1 Å². The molecule has 7 nitrogen and oxygen atoms in total. The molecule has 2 unspecified atom stereocenters. The minimum Gasteiger partial charge on any atom is -0.383 e. The lowest BCUT2D eigenvalue weighted by molar-refractivity contribution is -0.125. The molecule has 3 N–H and O–H groups in total. The minimum absolute atomic E-state index is 0.0511. The summed E-state index contributed by atoms with van der Waals surface area (Å²) >= 11 is 0. The molecule has 0 spiro atoms. The van der Waals surface area contributed by atoms with E-state index in [1.165, 1.54) is 5.56 Å². The fourth-order valence-corrected chi connectivity index (χ4v) is 5.39. The van der Waals surface area contributed by atoms with Gasteiger partial charge in [0.1, 0.15) is 6.04 Å². The Labute approximate surface area is 215 Å². The molecule has 7 heteroatoms. The molecule has 2 aromatic rings. The van der Waals surface area contributed by atoms with Crippen LogP contribution in [0.4, 0.5) is 0 Å². The Kier molecular flexibility index (Phi) is 9.13. The average molecular weight is 493 g/mol. The van der Waals surface area contributed by atoms with Crippen molar-refractivity contribution >= 4 is 11.8 Å². The molecule has 4 rings (SSSR count). The second kappa shape index (κ2) is 12.5. The summed E-state index contributed by atoms with van der Waals surface area (Å²) in [6.07, 6.45) is 4.23. The number of nitrogens with zero attached hydrogens (tertiary/aromatic N) is 2. The normalized spacial score (nSPS) is 24.2. The van der Waals surface area contributed by atoms with E-state index < -0.39 is 6.04 Å². The predicted molar refractivity (Wildman–Crippen MR) is 142 cm³/mol. The number of likely N-dealkylation sites (tertiary alicyclic amines) is 1. The minimum atomic E-state index is -0.500. The number of benzene rings is 2. The van der Waals surface area contributed by atoms with Crippen molar-refractivity contribution in [1.29, 1.82) is 0 Å². The molecular formula is C29H40N4O3. The highest BCUT2D eigenvalue weighted by Gasteiger charge is 2.42. The van der Waals surface area contributed by atoms with Crippen LogP contribution in [0.1, 0.15) is 53.6 Å². The number of nitrogens with one attached hydrogen (secondary N) is 1. The van der Waals surface area contributed by atoms with Crippen molar-refractivity contribution in [3.63, 3.8) is 0 Å². The molecule has 1 saturated heterocycles. The number of methoxy groups -OCH3 is 1. The van der Waals surface area contributed by atoms with E-state index in [0.717, 1.165) is 44.3 Å². The van der Waals surface area contributed by atoms with Gasteiger partial charge in [-0.15, -0.1) is 0 Å². The predicted octanol–water partition coefficient (Wildman–Crippen LogP) is 3.11. The van der Waals surface area contributed by atoms with E-state index in [1.54, 1.807) is 12.0 Å². The highest BCUT2D eigenvalue weighted by molar-refractivity contribution is 5.98. The number of aryl methyl sites for hydroxylation is 1. The van der Waals surface area contributed by atoms with Gasteiger partial charge in [0.15, 0.2) is 0 Å². The van der Waals surface area contributed by atoms with Crippen LogP contribution in [-0.4, -0.2) is 72.6 Å². The Morgan fingerprint density at radius 2 is 1.75 bits per heavy atom. The third kappa shape index (κ3) is 6.72. The maximum Gasteiger partial charge on any atom is 0.254 e. The summed E-state index contributed by atoms with van der Waals surface area (Å²) in [5, 5.41) is 3.25. The van der Waals surface area contributed by atoms with Crippen LogP contribution in [0.25, 0.3) is 0 Å². The topological polar surface area (TPSA) is 87.9 Å². The molecule has 1 aliphatic carbocycles. The van der Waals surface area contributed by atoms with Gasteiger partial charge < -0.3 is 20.7 Å². The second-order valence-corrected chi connectivity index (χ2v) is 10.3. The Bertz CT molecular complexity index is 989. The number of hydrogen-bond acceptors (Lipinski definition) is 5. The fourth-order valence-electron chi connectivity index (χ4n) is 5.39. The standard InChI is InChI=1S/C29H40N4O3/c1-21-8-10-23(11-9-21)29(35)33-20-26(32(16-17-36-2)19-22-6-4-3-5-7-22)18-27(33)28(34)31-25-14-12-24(30)13-15-25/h3-11,24-27H,12-20,30H2,1-2H3,(H,31,34). The molecule has 1 heterocycles. The molecule has 0 aromatic heterocycles. The molecule has 36 heavy (non-hydrogen) atoms. The summed E-state index contributed by atoms with van der Waals surface area (Å²) < 4.78 is 5.40. The van der Waals surface area contributed by atoms with E-state index in [4.69, 9.17) is 10.5 Å². The number of amides is 2. The van der Waals surface area contributed by atoms with Crippen LogP contribution in [0, 0.1) is 6.92 Å². The largest absolute Gasteiger partial charge is 0.383 e. The lowest BCUT2D eigenvalue weighted by Gasteiger charge is -2.30. The monoisotopic (exact) mass is 492 g/mol. The lowest BCUT2D eigenvalue weighted by atomic mass is 9.91. The number of carbonyl (C=O) groups excluding carboxylic acids is 2. The fraction of sp³-hybridized carbons (Fsp3) is 0.517. The van der Waals surface area contributed by atoms with Crippen molar-refractivity contribution in [2.75, 3.05) is 26.8 Å². The molecule has 2 fully saturated rings. The van der Waals surface area contributed by atoms with E-state index in [1.807, 2.05) is 49.4 Å². The smallest absolute Gasteiger partial charge is 0.254 e. The van der Waals surface area contributed by atoms with Gasteiger partial charge in [-0.1, -0.05) is 48.0 Å². The van der Waals surface area contributed by atoms with Gasteiger partial charge in [-0.25, -0.2) is 0 Å². The van der Waals surface area contributed by atoms with Crippen molar-refractivity contribution < 1.29 is 14.3 Å². The summed E-state index contributed by atoms with van der Waals surface area (Å²) in [7, 11) is 1.70. The van der Waals surface area contributed by atoms with Crippen LogP contribution < -0.4 is 11.1 Å². The van der Waals surface area contributed by atoms with Gasteiger partial charge in [-0.3, -0.25) is 14.5 Å². The molecule has 1 saturated carbocycles. The van der Waals surface area contributed by atoms with Crippen LogP contribution >= 0.6 is 0 Å². The van der Waals surface area contributed by atoms with Gasteiger partial charge in [0, 0.05) is 50.4 Å². The summed E-state index contributed by atoms with van der Waals surface area (Å²) in [5.74, 6) is -0.139. The number of carbonyl (C=O) groups is 2. The quantitative estimate of drug-likeness (QED) is 0.562. The molecule has 2 aromatic carbocycles. The van der Waals surface area contributed by atoms with Crippen molar-refractivity contribution in [3.05, 3.63) is 71.3 Å². The first-order valence-corrected chi connectivity index (χ1v) is 13.1. The second-order valence-electron chi connectivity index (χ2n) is 10.3. The number of nitrogens with two attached hydrogens (primary N) is 1. The Balaban J connectivity index is 1.54. The Hall–Kier alpha value is -2.74. The molecule has 0 bridgehead atoms. The highest BCUT2D eigenvalue weighted by Crippen LogP contribution is 2.27. The number of rotatable bonds is 9. The molecule has 2 aliphatic rings. The first-order valence-electron chi connectivity index (χ1n) is 13.1. The molecular weight excluding hydrogens is 452 g/mol. The van der Waals surface area contributed by atoms with E-state index in [9.17, 15) is 9.59 Å². The molecule has 0 radical (unpaired) electrons. The molecule has 1 aliphatic heterocycles. The van der Waals surface area contributed by atoms with E-state index in [0.29, 0.717) is 25.1 Å². The van der Waals surface area contributed by atoms with Gasteiger partial charge >= 0.3 is 0 Å². The SMILES string of the molecule is COCCN(Cc1ccccc1)C1CC(C(=O)NC2CCC(N)CC2)N(C(=O)c2ccc(C)cc2)C1. The van der Waals surface area contributed by atoms with Crippen LogP contribution in [0.15, 0.2) is 54.6 Å². The average Bonchev–Trinajstić information content (AvgIpc) is 3.34. The zero-order chi connectivity index (χ0) is 25.5. The van der Waals surface area contributed by atoms with Crippen molar-refractivity contribution in [2.24, 2.45) is 5.73 Å². The van der Waals surface area contributed by atoms with Gasteiger partial charge in [-0.05, 0) is 56.7 Å². The zero-order valence-electron chi connectivity index (χ0n) is 21.6. The number of ether oxygens (including phenoxy) is 1. The Morgan fingerprint density at radius 3 is 2.42 bits per heavy atom. The van der Waals surface area contributed by atoms with Crippen LogP contribution in [0.5, 0.6) is 0 Å². The van der Waals surface area contributed by atoms with E-state index in [-0.39, 0.29) is 29.9 Å². The molecule has 2 atom stereocenters. The van der Waals surface area contributed by atoms with Gasteiger partial charge in [0.25, 0.3) is 5.91 Å². The maximum absolute atomic E-state index is 13.6. The van der Waals surface area contributed by atoms with Gasteiger partial charge in [0.05, 0.1) is 6.61 Å². The summed E-state index contributed by atoms with van der Waals surface area (Å²) in [4.78, 5) is 31.3. The highest BCUT2D eigenvalue weighted by atomic mass is 16.5. The summed E-state index contributed by atoms with van der Waals surface area (Å²) in [5.41, 5.74) is 8.99. The Morgan fingerprint density at radius 1 is 1.06 bits per heavy atom. The third-order valence-electron chi connectivity index (χ3n) is 7.59. The zero-order valence-corrected chi connectivity index (χ0v) is 21.6. The first-order chi connectivity index (χ1) is 17.4. The van der Waals surface area contributed by atoms with Crippen LogP contribution in [0.2, 0.25) is 0 Å². The lowest BCUT2D eigenvalue weighted by Crippen LogP contribution is -2.50. The molecule has 2 amide bonds. The maximum atomic E-state index is 13.6. The van der Waals surface area contributed by atoms with Crippen molar-refractivity contribution in [3.8, 4) is 0 Å². The van der Waals surface area contributed by atoms with E-state index in [2.05, 4.69) is 22.3 Å². The van der Waals surface area contributed by atoms with Crippen molar-refractivity contribution in [2.45, 2.75) is 69.7 Å². The first kappa shape index (κ1) is 26.3. The molecule has 194 valence electrons. The van der Waals surface area contributed by atoms with Gasteiger partial charge in [0.2, 0.25) is 5.91 Å². The summed E-state index contributed by atoms with van der Waals surface area (Å²) in [6.45, 7) is 4.59. The van der Waals surface area contributed by atoms with Crippen LogP contribution in [0.3, 0.4) is 0 Å². The number of hydrogen-bond donors (Lipinski definition) is 2. The van der Waals surface area contributed by atoms with Gasteiger partial charge in [-0.2, -0.15) is 0 Å². The van der Waals surface area contributed by atoms with Crippen molar-refractivity contribution in [1.82, 2.24) is 15.1 Å². The summed E-state index contributed by atoms with van der Waals surface area (Å²) in [6, 6.07) is 17.8. The van der Waals surface area contributed by atoms with E-state index >= 15 is 0 Å².